The molecule has 0 aromatic heterocycles. The van der Waals surface area contributed by atoms with Gasteiger partial charge in [-0.15, -0.1) is 0 Å². The monoisotopic (exact) mass is 236 g/mol. The molecular weight excluding hydrogens is 216 g/mol. The molecular formula is C13H20N2O2. The van der Waals surface area contributed by atoms with Crippen molar-refractivity contribution in [2.24, 2.45) is 11.0 Å². The summed E-state index contributed by atoms with van der Waals surface area (Å²) in [4.78, 5) is 11.9. The summed E-state index contributed by atoms with van der Waals surface area (Å²) in [5, 5.41) is 6.17. The molecule has 3 fully saturated rings. The van der Waals surface area contributed by atoms with Gasteiger partial charge < -0.3 is 4.74 Å². The number of carbonyl (C=O) groups is 1. The molecule has 94 valence electrons. The van der Waals surface area contributed by atoms with Crippen molar-refractivity contribution in [2.45, 2.75) is 64.0 Å². The highest BCUT2D eigenvalue weighted by atomic mass is 16.6. The van der Waals surface area contributed by atoms with E-state index in [1.165, 1.54) is 6.42 Å². The summed E-state index contributed by atoms with van der Waals surface area (Å²) in [5.41, 5.74) is 0.902. The number of hydrogen-bond donors (Lipinski definition) is 0. The molecule has 1 amide bonds. The van der Waals surface area contributed by atoms with Gasteiger partial charge in [0, 0.05) is 5.71 Å². The molecule has 1 saturated heterocycles. The molecule has 3 aliphatic rings. The topological polar surface area (TPSA) is 41.9 Å². The molecule has 1 spiro atoms. The van der Waals surface area contributed by atoms with Crippen LogP contribution in [-0.4, -0.2) is 28.5 Å². The van der Waals surface area contributed by atoms with E-state index >= 15 is 0 Å². The Labute approximate surface area is 102 Å². The van der Waals surface area contributed by atoms with Crippen LogP contribution in [-0.2, 0) is 4.74 Å². The Hall–Kier alpha value is -1.06. The summed E-state index contributed by atoms with van der Waals surface area (Å²) < 4.78 is 5.65. The third-order valence-corrected chi connectivity index (χ3v) is 4.61. The second kappa shape index (κ2) is 3.72. The molecule has 3 rings (SSSR count). The van der Waals surface area contributed by atoms with Gasteiger partial charge >= 0.3 is 6.09 Å². The maximum Gasteiger partial charge on any atom is 0.431 e. The molecule has 17 heavy (non-hydrogen) atoms. The SMILES string of the molecule is CCC(CC)=NN1C(=O)O[C@]23CC[C@H](C[C@@H]12)C3. The smallest absolute Gasteiger partial charge is 0.431 e. The molecule has 0 unspecified atom stereocenters. The van der Waals surface area contributed by atoms with Crippen LogP contribution in [0.2, 0.25) is 0 Å². The summed E-state index contributed by atoms with van der Waals surface area (Å²) in [6.07, 6.45) is 5.98. The van der Waals surface area contributed by atoms with Gasteiger partial charge in [-0.1, -0.05) is 13.8 Å². The van der Waals surface area contributed by atoms with Crippen LogP contribution in [0.25, 0.3) is 0 Å². The zero-order valence-electron chi connectivity index (χ0n) is 10.6. The molecule has 0 aromatic rings. The highest BCUT2D eigenvalue weighted by Crippen LogP contribution is 2.55. The third-order valence-electron chi connectivity index (χ3n) is 4.61. The molecule has 1 heterocycles. The zero-order valence-corrected chi connectivity index (χ0v) is 10.6. The minimum atomic E-state index is -0.227. The fourth-order valence-electron chi connectivity index (χ4n) is 3.66. The van der Waals surface area contributed by atoms with E-state index in [2.05, 4.69) is 18.9 Å². The van der Waals surface area contributed by atoms with Gasteiger partial charge in [0.2, 0.25) is 0 Å². The average Bonchev–Trinajstić information content (AvgIpc) is 2.93. The molecule has 2 aliphatic carbocycles. The molecule has 0 aromatic carbocycles. The Morgan fingerprint density at radius 3 is 2.94 bits per heavy atom. The van der Waals surface area contributed by atoms with Crippen LogP contribution in [0, 0.1) is 5.92 Å². The van der Waals surface area contributed by atoms with Crippen LogP contribution in [0.4, 0.5) is 4.79 Å². The number of hydrogen-bond acceptors (Lipinski definition) is 3. The number of nitrogens with zero attached hydrogens (tertiary/aromatic N) is 2. The van der Waals surface area contributed by atoms with Gasteiger partial charge in [-0.2, -0.15) is 10.1 Å². The standard InChI is InChI=1S/C13H20N2O2/c1-3-10(4-2)14-15-11-7-9-5-6-13(11,8-9)17-12(15)16/h9,11H,3-8H2,1-2H3/t9-,11-,13+/m1/s1. The van der Waals surface area contributed by atoms with Gasteiger partial charge in [-0.05, 0) is 44.4 Å². The lowest BCUT2D eigenvalue weighted by molar-refractivity contribution is 0.0517. The number of ether oxygens (including phenoxy) is 1. The Morgan fingerprint density at radius 2 is 2.29 bits per heavy atom. The van der Waals surface area contributed by atoms with Gasteiger partial charge in [0.05, 0.1) is 6.04 Å². The normalized spacial score (nSPS) is 38.2. The van der Waals surface area contributed by atoms with Crippen molar-refractivity contribution in [2.75, 3.05) is 0 Å². The van der Waals surface area contributed by atoms with E-state index in [1.807, 2.05) is 0 Å². The first kappa shape index (κ1) is 11.1. The quantitative estimate of drug-likeness (QED) is 0.707. The first-order chi connectivity index (χ1) is 8.18. The summed E-state index contributed by atoms with van der Waals surface area (Å²) in [6.45, 7) is 4.17. The van der Waals surface area contributed by atoms with E-state index < -0.39 is 0 Å². The van der Waals surface area contributed by atoms with Crippen molar-refractivity contribution >= 4 is 11.8 Å². The molecule has 4 nitrogen and oxygen atoms in total. The van der Waals surface area contributed by atoms with Crippen LogP contribution in [0.3, 0.4) is 0 Å². The first-order valence-electron chi connectivity index (χ1n) is 6.77. The Bertz CT molecular complexity index is 374. The molecule has 1 aliphatic heterocycles. The number of rotatable bonds is 3. The Morgan fingerprint density at radius 1 is 1.53 bits per heavy atom. The maximum atomic E-state index is 11.9. The van der Waals surface area contributed by atoms with E-state index in [9.17, 15) is 4.79 Å². The van der Waals surface area contributed by atoms with Gasteiger partial charge in [0.25, 0.3) is 0 Å². The second-order valence-electron chi connectivity index (χ2n) is 5.51. The minimum absolute atomic E-state index is 0.183. The highest BCUT2D eigenvalue weighted by Gasteiger charge is 2.63. The summed E-state index contributed by atoms with van der Waals surface area (Å²) in [5.74, 6) is 0.748. The molecule has 2 bridgehead atoms. The van der Waals surface area contributed by atoms with Crippen molar-refractivity contribution in [1.82, 2.24) is 5.01 Å². The van der Waals surface area contributed by atoms with Crippen molar-refractivity contribution in [3.63, 3.8) is 0 Å². The average molecular weight is 236 g/mol. The van der Waals surface area contributed by atoms with Crippen molar-refractivity contribution < 1.29 is 9.53 Å². The first-order valence-corrected chi connectivity index (χ1v) is 6.77. The molecule has 4 heteroatoms. The third kappa shape index (κ3) is 1.49. The fraction of sp³-hybridized carbons (Fsp3) is 0.846. The van der Waals surface area contributed by atoms with Crippen LogP contribution in [0.1, 0.15) is 52.4 Å². The Balaban J connectivity index is 1.87. The van der Waals surface area contributed by atoms with Crippen LogP contribution in [0.15, 0.2) is 5.10 Å². The predicted molar refractivity (Wildman–Crippen MR) is 64.8 cm³/mol. The lowest BCUT2D eigenvalue weighted by Gasteiger charge is -2.26. The lowest BCUT2D eigenvalue weighted by atomic mass is 9.92. The number of hydrazone groups is 1. The van der Waals surface area contributed by atoms with Crippen molar-refractivity contribution in [1.29, 1.82) is 0 Å². The van der Waals surface area contributed by atoms with Crippen molar-refractivity contribution in [3.8, 4) is 0 Å². The zero-order chi connectivity index (χ0) is 12.0. The van der Waals surface area contributed by atoms with E-state index in [0.717, 1.165) is 43.7 Å². The molecule has 0 radical (unpaired) electrons. The van der Waals surface area contributed by atoms with Crippen LogP contribution in [0.5, 0.6) is 0 Å². The van der Waals surface area contributed by atoms with Crippen LogP contribution < -0.4 is 0 Å². The second-order valence-corrected chi connectivity index (χ2v) is 5.51. The number of carbonyl (C=O) groups excluding carboxylic acids is 1. The van der Waals surface area contributed by atoms with E-state index in [1.54, 1.807) is 5.01 Å². The largest absolute Gasteiger partial charge is 0.439 e. The predicted octanol–water partition coefficient (Wildman–Crippen LogP) is 2.93. The van der Waals surface area contributed by atoms with E-state index in [-0.39, 0.29) is 17.7 Å². The summed E-state index contributed by atoms with van der Waals surface area (Å²) in [6, 6.07) is 0.210. The van der Waals surface area contributed by atoms with Crippen LogP contribution >= 0.6 is 0 Å². The van der Waals surface area contributed by atoms with Gasteiger partial charge in [-0.3, -0.25) is 0 Å². The van der Waals surface area contributed by atoms with Gasteiger partial charge in [0.15, 0.2) is 0 Å². The summed E-state index contributed by atoms with van der Waals surface area (Å²) >= 11 is 0. The summed E-state index contributed by atoms with van der Waals surface area (Å²) in [7, 11) is 0. The minimum Gasteiger partial charge on any atom is -0.439 e. The van der Waals surface area contributed by atoms with Gasteiger partial charge in [-0.25, -0.2) is 4.79 Å². The number of fused-ring (bicyclic) bond motifs is 1. The van der Waals surface area contributed by atoms with E-state index in [4.69, 9.17) is 4.74 Å². The molecule has 3 atom stereocenters. The maximum absolute atomic E-state index is 11.9. The van der Waals surface area contributed by atoms with Gasteiger partial charge in [0.1, 0.15) is 5.60 Å². The van der Waals surface area contributed by atoms with Crippen molar-refractivity contribution in [3.05, 3.63) is 0 Å². The lowest BCUT2D eigenvalue weighted by Crippen LogP contribution is -2.39. The molecule has 2 saturated carbocycles. The highest BCUT2D eigenvalue weighted by molar-refractivity contribution is 5.85. The van der Waals surface area contributed by atoms with E-state index in [0.29, 0.717) is 0 Å². The Kier molecular flexibility index (Phi) is 2.42. The number of amides is 1. The fourth-order valence-corrected chi connectivity index (χ4v) is 3.66. The molecule has 0 N–H and O–H groups in total.